The molecule has 0 atom stereocenters. The molecule has 1 heterocycles. The Morgan fingerprint density at radius 2 is 1.80 bits per heavy atom. The number of hydrogen-bond acceptors (Lipinski definition) is 3. The summed E-state index contributed by atoms with van der Waals surface area (Å²) in [6.07, 6.45) is 3.50. The van der Waals surface area contributed by atoms with Crippen molar-refractivity contribution in [3.8, 4) is 5.75 Å². The van der Waals surface area contributed by atoms with Crippen molar-refractivity contribution in [1.29, 1.82) is 0 Å². The first-order valence-electron chi connectivity index (χ1n) is 10.2. The van der Waals surface area contributed by atoms with Crippen molar-refractivity contribution >= 4 is 35.0 Å². The number of nitrogens with zero attached hydrogens (tertiary/aromatic N) is 1. The van der Waals surface area contributed by atoms with Crippen molar-refractivity contribution in [3.05, 3.63) is 63.6 Å². The van der Waals surface area contributed by atoms with Gasteiger partial charge in [-0.15, -0.1) is 0 Å². The van der Waals surface area contributed by atoms with Crippen LogP contribution in [0.5, 0.6) is 5.75 Å². The average molecular weight is 449 g/mol. The van der Waals surface area contributed by atoms with Crippen LogP contribution in [0.4, 0.5) is 0 Å². The van der Waals surface area contributed by atoms with Gasteiger partial charge in [-0.1, -0.05) is 48.7 Å². The molecule has 160 valence electrons. The van der Waals surface area contributed by atoms with Crippen LogP contribution in [-0.2, 0) is 11.2 Å². The molecule has 5 nitrogen and oxygen atoms in total. The Bertz CT molecular complexity index is 879. The summed E-state index contributed by atoms with van der Waals surface area (Å²) in [5, 5.41) is 3.81. The molecule has 0 bridgehead atoms. The third-order valence-corrected chi connectivity index (χ3v) is 5.74. The number of nitrogens with one attached hydrogen (secondary N) is 1. The molecule has 1 N–H and O–H groups in total. The van der Waals surface area contributed by atoms with Crippen molar-refractivity contribution in [2.24, 2.45) is 0 Å². The van der Waals surface area contributed by atoms with E-state index in [0.717, 1.165) is 12.8 Å². The number of ether oxygens (including phenoxy) is 1. The number of halogens is 2. The number of piperidine rings is 1. The molecule has 0 unspecified atom stereocenters. The van der Waals surface area contributed by atoms with Gasteiger partial charge in [-0.3, -0.25) is 9.59 Å². The van der Waals surface area contributed by atoms with E-state index < -0.39 is 0 Å². The van der Waals surface area contributed by atoms with Crippen LogP contribution in [-0.4, -0.2) is 42.5 Å². The summed E-state index contributed by atoms with van der Waals surface area (Å²) in [6, 6.07) is 12.7. The Kier molecular flexibility index (Phi) is 8.00. The van der Waals surface area contributed by atoms with E-state index >= 15 is 0 Å². The first kappa shape index (κ1) is 22.4. The lowest BCUT2D eigenvalue weighted by Gasteiger charge is -2.32. The Hall–Kier alpha value is -2.24. The second kappa shape index (κ2) is 10.7. The Morgan fingerprint density at radius 1 is 1.10 bits per heavy atom. The SMILES string of the molecule is CCCc1ccc(OCC(=O)N2CCC(NC(=O)c3cc(Cl)ccc3Cl)CC2)cc1. The molecular formula is C23H26Cl2N2O3. The van der Waals surface area contributed by atoms with E-state index in [9.17, 15) is 9.59 Å². The topological polar surface area (TPSA) is 58.6 Å². The molecule has 3 rings (SSSR count). The normalized spacial score (nSPS) is 14.4. The van der Waals surface area contributed by atoms with Gasteiger partial charge in [0.25, 0.3) is 11.8 Å². The average Bonchev–Trinajstić information content (AvgIpc) is 2.75. The molecule has 1 aliphatic rings. The van der Waals surface area contributed by atoms with Crippen LogP contribution >= 0.6 is 23.2 Å². The highest BCUT2D eigenvalue weighted by atomic mass is 35.5. The van der Waals surface area contributed by atoms with Crippen molar-refractivity contribution in [2.45, 2.75) is 38.6 Å². The highest BCUT2D eigenvalue weighted by Crippen LogP contribution is 2.21. The van der Waals surface area contributed by atoms with Gasteiger partial charge in [0.1, 0.15) is 5.75 Å². The molecule has 0 aromatic heterocycles. The van der Waals surface area contributed by atoms with Gasteiger partial charge >= 0.3 is 0 Å². The minimum absolute atomic E-state index is 0.0105. The molecule has 30 heavy (non-hydrogen) atoms. The summed E-state index contributed by atoms with van der Waals surface area (Å²) in [4.78, 5) is 26.7. The summed E-state index contributed by atoms with van der Waals surface area (Å²) in [5.74, 6) is 0.404. The highest BCUT2D eigenvalue weighted by molar-refractivity contribution is 6.35. The van der Waals surface area contributed by atoms with Crippen LogP contribution in [0, 0.1) is 0 Å². The fraction of sp³-hybridized carbons (Fsp3) is 0.391. The summed E-state index contributed by atoms with van der Waals surface area (Å²) in [7, 11) is 0. The van der Waals surface area contributed by atoms with E-state index in [1.807, 2.05) is 24.3 Å². The lowest BCUT2D eigenvalue weighted by atomic mass is 10.0. The number of aryl methyl sites for hydroxylation is 1. The van der Waals surface area contributed by atoms with E-state index in [0.29, 0.717) is 47.3 Å². The van der Waals surface area contributed by atoms with Crippen LogP contribution in [0.2, 0.25) is 10.0 Å². The van der Waals surface area contributed by atoms with Gasteiger partial charge in [0.05, 0.1) is 10.6 Å². The summed E-state index contributed by atoms with van der Waals surface area (Å²) >= 11 is 12.1. The molecule has 0 saturated carbocycles. The minimum atomic E-state index is -0.248. The third-order valence-electron chi connectivity index (χ3n) is 5.18. The van der Waals surface area contributed by atoms with Gasteiger partial charge in [-0.2, -0.15) is 0 Å². The molecule has 0 spiro atoms. The second-order valence-corrected chi connectivity index (χ2v) is 8.28. The number of rotatable bonds is 7. The van der Waals surface area contributed by atoms with Gasteiger partial charge in [0.15, 0.2) is 6.61 Å². The van der Waals surface area contributed by atoms with Crippen molar-refractivity contribution < 1.29 is 14.3 Å². The van der Waals surface area contributed by atoms with Gasteiger partial charge in [-0.25, -0.2) is 0 Å². The van der Waals surface area contributed by atoms with Crippen LogP contribution in [0.15, 0.2) is 42.5 Å². The van der Waals surface area contributed by atoms with E-state index in [1.165, 1.54) is 5.56 Å². The smallest absolute Gasteiger partial charge is 0.260 e. The lowest BCUT2D eigenvalue weighted by Crippen LogP contribution is -2.47. The molecule has 2 amide bonds. The van der Waals surface area contributed by atoms with Crippen molar-refractivity contribution in [3.63, 3.8) is 0 Å². The fourth-order valence-electron chi connectivity index (χ4n) is 3.49. The fourth-order valence-corrected chi connectivity index (χ4v) is 3.86. The van der Waals surface area contributed by atoms with E-state index in [-0.39, 0.29) is 24.5 Å². The predicted octanol–water partition coefficient (Wildman–Crippen LogP) is 4.75. The van der Waals surface area contributed by atoms with Crippen molar-refractivity contribution in [2.75, 3.05) is 19.7 Å². The number of amides is 2. The molecule has 1 aliphatic heterocycles. The maximum Gasteiger partial charge on any atom is 0.260 e. The molecular weight excluding hydrogens is 423 g/mol. The first-order valence-corrected chi connectivity index (χ1v) is 11.0. The van der Waals surface area contributed by atoms with Crippen LogP contribution in [0.25, 0.3) is 0 Å². The zero-order valence-corrected chi connectivity index (χ0v) is 18.5. The van der Waals surface area contributed by atoms with E-state index in [4.69, 9.17) is 27.9 Å². The standard InChI is InChI=1S/C23H26Cl2N2O3/c1-2-3-16-4-7-19(8-5-16)30-15-22(28)27-12-10-18(11-13-27)26-23(29)20-14-17(24)6-9-21(20)25/h4-9,14,18H,2-3,10-13,15H2,1H3,(H,26,29). The molecule has 1 saturated heterocycles. The van der Waals surface area contributed by atoms with Crippen LogP contribution in [0.3, 0.4) is 0 Å². The van der Waals surface area contributed by atoms with Crippen LogP contribution in [0.1, 0.15) is 42.1 Å². The monoisotopic (exact) mass is 448 g/mol. The van der Waals surface area contributed by atoms with E-state index in [2.05, 4.69) is 12.2 Å². The molecule has 1 fully saturated rings. The Labute approximate surface area is 187 Å². The molecule has 2 aromatic rings. The summed E-state index contributed by atoms with van der Waals surface area (Å²) < 4.78 is 5.64. The maximum atomic E-state index is 12.5. The predicted molar refractivity (Wildman–Crippen MR) is 119 cm³/mol. The second-order valence-electron chi connectivity index (χ2n) is 7.44. The number of carbonyl (C=O) groups is 2. The highest BCUT2D eigenvalue weighted by Gasteiger charge is 2.25. The lowest BCUT2D eigenvalue weighted by molar-refractivity contribution is -0.134. The zero-order chi connectivity index (χ0) is 21.5. The van der Waals surface area contributed by atoms with E-state index in [1.54, 1.807) is 23.1 Å². The Balaban J connectivity index is 1.43. The molecule has 2 aromatic carbocycles. The quantitative estimate of drug-likeness (QED) is 0.664. The van der Waals surface area contributed by atoms with Gasteiger partial charge in [0.2, 0.25) is 0 Å². The number of benzene rings is 2. The molecule has 0 aliphatic carbocycles. The number of hydrogen-bond donors (Lipinski definition) is 1. The third kappa shape index (κ3) is 6.13. The summed E-state index contributed by atoms with van der Waals surface area (Å²) in [6.45, 7) is 3.31. The molecule has 7 heteroatoms. The van der Waals surface area contributed by atoms with Crippen molar-refractivity contribution in [1.82, 2.24) is 10.2 Å². The zero-order valence-electron chi connectivity index (χ0n) is 17.0. The van der Waals surface area contributed by atoms with Gasteiger partial charge in [0, 0.05) is 24.2 Å². The first-order chi connectivity index (χ1) is 14.5. The van der Waals surface area contributed by atoms with Gasteiger partial charge in [-0.05, 0) is 55.2 Å². The number of carbonyl (C=O) groups excluding carboxylic acids is 2. The number of likely N-dealkylation sites (tertiary alicyclic amines) is 1. The summed E-state index contributed by atoms with van der Waals surface area (Å²) in [5.41, 5.74) is 1.63. The maximum absolute atomic E-state index is 12.5. The van der Waals surface area contributed by atoms with Gasteiger partial charge < -0.3 is 15.0 Å². The van der Waals surface area contributed by atoms with Crippen LogP contribution < -0.4 is 10.1 Å². The minimum Gasteiger partial charge on any atom is -0.484 e. The largest absolute Gasteiger partial charge is 0.484 e. The Morgan fingerprint density at radius 3 is 2.47 bits per heavy atom. The molecule has 0 radical (unpaired) electrons.